The van der Waals surface area contributed by atoms with E-state index in [1.807, 2.05) is 35.2 Å². The molecule has 118 valence electrons. The maximum atomic E-state index is 13.2. The first-order chi connectivity index (χ1) is 11.2. The number of fused-ring (bicyclic) bond motifs is 1. The SMILES string of the molecule is Cc1cccc(C(=O)N2C[C@H]3C[C@H]3[C@H]2CN)c1-c1ccccc1. The molecule has 2 fully saturated rings. The Kier molecular flexibility index (Phi) is 3.46. The fraction of sp³-hybridized carbons (Fsp3) is 0.350. The van der Waals surface area contributed by atoms with Crippen LogP contribution >= 0.6 is 0 Å². The first kappa shape index (κ1) is 14.5. The molecule has 2 aromatic carbocycles. The smallest absolute Gasteiger partial charge is 0.254 e. The molecule has 0 bridgehead atoms. The van der Waals surface area contributed by atoms with E-state index in [9.17, 15) is 4.79 Å². The van der Waals surface area contributed by atoms with Crippen molar-refractivity contribution in [2.75, 3.05) is 13.1 Å². The lowest BCUT2D eigenvalue weighted by molar-refractivity contribution is 0.0713. The number of nitrogens with zero attached hydrogens (tertiary/aromatic N) is 1. The minimum absolute atomic E-state index is 0.134. The molecule has 1 aliphatic heterocycles. The molecule has 1 saturated heterocycles. The fourth-order valence-corrected chi connectivity index (χ4v) is 4.10. The van der Waals surface area contributed by atoms with E-state index in [0.717, 1.165) is 28.8 Å². The van der Waals surface area contributed by atoms with Gasteiger partial charge in [0.25, 0.3) is 5.91 Å². The van der Waals surface area contributed by atoms with Gasteiger partial charge in [-0.3, -0.25) is 4.79 Å². The Labute approximate surface area is 137 Å². The Morgan fingerprint density at radius 2 is 1.96 bits per heavy atom. The van der Waals surface area contributed by atoms with Crippen molar-refractivity contribution in [3.8, 4) is 11.1 Å². The van der Waals surface area contributed by atoms with Crippen LogP contribution in [0.3, 0.4) is 0 Å². The molecule has 1 heterocycles. The van der Waals surface area contributed by atoms with E-state index in [2.05, 4.69) is 25.1 Å². The van der Waals surface area contributed by atoms with Crippen molar-refractivity contribution in [3.05, 3.63) is 59.7 Å². The number of hydrogen-bond acceptors (Lipinski definition) is 2. The molecule has 0 aromatic heterocycles. The summed E-state index contributed by atoms with van der Waals surface area (Å²) in [7, 11) is 0. The molecule has 1 amide bonds. The summed E-state index contributed by atoms with van der Waals surface area (Å²) in [6, 6.07) is 16.4. The van der Waals surface area contributed by atoms with Crippen LogP contribution in [0.4, 0.5) is 0 Å². The Bertz CT molecular complexity index is 741. The summed E-state index contributed by atoms with van der Waals surface area (Å²) in [4.78, 5) is 15.2. The Morgan fingerprint density at radius 3 is 2.70 bits per heavy atom. The molecule has 3 atom stereocenters. The molecule has 4 rings (SSSR count). The number of rotatable bonds is 3. The third-order valence-corrected chi connectivity index (χ3v) is 5.37. The van der Waals surface area contributed by atoms with E-state index < -0.39 is 0 Å². The minimum atomic E-state index is 0.134. The largest absolute Gasteiger partial charge is 0.334 e. The van der Waals surface area contributed by atoms with Gasteiger partial charge in [-0.2, -0.15) is 0 Å². The van der Waals surface area contributed by atoms with Crippen molar-refractivity contribution in [1.29, 1.82) is 0 Å². The number of benzene rings is 2. The third kappa shape index (κ3) is 2.36. The van der Waals surface area contributed by atoms with Gasteiger partial charge >= 0.3 is 0 Å². The van der Waals surface area contributed by atoms with Gasteiger partial charge in [-0.25, -0.2) is 0 Å². The van der Waals surface area contributed by atoms with Gasteiger partial charge in [-0.15, -0.1) is 0 Å². The highest BCUT2D eigenvalue weighted by Crippen LogP contribution is 2.49. The lowest BCUT2D eigenvalue weighted by atomic mass is 9.94. The monoisotopic (exact) mass is 306 g/mol. The molecule has 2 aromatic rings. The zero-order valence-corrected chi connectivity index (χ0v) is 13.4. The molecule has 2 N–H and O–H groups in total. The Morgan fingerprint density at radius 1 is 1.17 bits per heavy atom. The van der Waals surface area contributed by atoms with Gasteiger partial charge in [0.05, 0.1) is 0 Å². The van der Waals surface area contributed by atoms with Crippen molar-refractivity contribution in [2.24, 2.45) is 17.6 Å². The number of carbonyl (C=O) groups excluding carboxylic acids is 1. The van der Waals surface area contributed by atoms with Crippen LogP contribution in [0.25, 0.3) is 11.1 Å². The molecule has 23 heavy (non-hydrogen) atoms. The standard InChI is InChI=1S/C20H22N2O/c1-13-6-5-9-16(19(13)14-7-3-2-4-8-14)20(23)22-12-15-10-17(15)18(22)11-21/h2-9,15,17-18H,10-12,21H2,1H3/t15-,17-,18-/m1/s1. The van der Waals surface area contributed by atoms with Crippen molar-refractivity contribution in [2.45, 2.75) is 19.4 Å². The van der Waals surface area contributed by atoms with Crippen LogP contribution in [-0.4, -0.2) is 29.9 Å². The Hall–Kier alpha value is -2.13. The normalized spacial score (nSPS) is 25.3. The predicted molar refractivity (Wildman–Crippen MR) is 92.1 cm³/mol. The second-order valence-electron chi connectivity index (χ2n) is 6.78. The van der Waals surface area contributed by atoms with Gasteiger partial charge in [0.1, 0.15) is 0 Å². The molecule has 1 saturated carbocycles. The van der Waals surface area contributed by atoms with Gasteiger partial charge in [0.2, 0.25) is 0 Å². The lowest BCUT2D eigenvalue weighted by Gasteiger charge is -2.27. The fourth-order valence-electron chi connectivity index (χ4n) is 4.10. The van der Waals surface area contributed by atoms with Gasteiger partial charge in [-0.05, 0) is 47.9 Å². The summed E-state index contributed by atoms with van der Waals surface area (Å²) in [6.07, 6.45) is 1.24. The number of nitrogens with two attached hydrogens (primary N) is 1. The average molecular weight is 306 g/mol. The zero-order valence-electron chi connectivity index (χ0n) is 13.4. The summed E-state index contributed by atoms with van der Waals surface area (Å²) >= 11 is 0. The average Bonchev–Trinajstić information content (AvgIpc) is 3.25. The molecule has 3 nitrogen and oxygen atoms in total. The van der Waals surface area contributed by atoms with Crippen molar-refractivity contribution in [3.63, 3.8) is 0 Å². The molecular weight excluding hydrogens is 284 g/mol. The quantitative estimate of drug-likeness (QED) is 0.947. The van der Waals surface area contributed by atoms with Gasteiger partial charge in [-0.1, -0.05) is 42.5 Å². The topological polar surface area (TPSA) is 46.3 Å². The van der Waals surface area contributed by atoms with Crippen LogP contribution in [0, 0.1) is 18.8 Å². The van der Waals surface area contributed by atoms with Crippen molar-refractivity contribution >= 4 is 5.91 Å². The minimum Gasteiger partial charge on any atom is -0.334 e. The summed E-state index contributed by atoms with van der Waals surface area (Å²) in [5.74, 6) is 1.45. The van der Waals surface area contributed by atoms with Gasteiger partial charge < -0.3 is 10.6 Å². The van der Waals surface area contributed by atoms with Crippen LogP contribution < -0.4 is 5.73 Å². The van der Waals surface area contributed by atoms with Crippen LogP contribution in [-0.2, 0) is 0 Å². The number of amides is 1. The summed E-state index contributed by atoms with van der Waals surface area (Å²) in [5, 5.41) is 0. The summed E-state index contributed by atoms with van der Waals surface area (Å²) in [5.41, 5.74) is 10.0. The second-order valence-corrected chi connectivity index (χ2v) is 6.78. The molecular formula is C20H22N2O. The molecule has 1 aliphatic carbocycles. The molecule has 0 spiro atoms. The number of carbonyl (C=O) groups is 1. The maximum absolute atomic E-state index is 13.2. The number of piperidine rings is 1. The molecule has 0 radical (unpaired) electrons. The van der Waals surface area contributed by atoms with Crippen LogP contribution in [0.5, 0.6) is 0 Å². The van der Waals surface area contributed by atoms with E-state index in [1.165, 1.54) is 6.42 Å². The third-order valence-electron chi connectivity index (χ3n) is 5.37. The summed E-state index contributed by atoms with van der Waals surface area (Å²) < 4.78 is 0. The summed E-state index contributed by atoms with van der Waals surface area (Å²) in [6.45, 7) is 3.51. The van der Waals surface area contributed by atoms with Crippen molar-refractivity contribution < 1.29 is 4.79 Å². The highest BCUT2D eigenvalue weighted by atomic mass is 16.2. The van der Waals surface area contributed by atoms with Gasteiger partial charge in [0.15, 0.2) is 0 Å². The van der Waals surface area contributed by atoms with Crippen LogP contribution in [0.1, 0.15) is 22.3 Å². The first-order valence-electron chi connectivity index (χ1n) is 8.36. The highest BCUT2D eigenvalue weighted by molar-refractivity contribution is 6.02. The number of likely N-dealkylation sites (tertiary alicyclic amines) is 1. The molecule has 0 unspecified atom stereocenters. The van der Waals surface area contributed by atoms with Crippen LogP contribution in [0.2, 0.25) is 0 Å². The highest BCUT2D eigenvalue weighted by Gasteiger charge is 2.53. The van der Waals surface area contributed by atoms with E-state index in [1.54, 1.807) is 0 Å². The Balaban J connectivity index is 1.75. The molecule has 2 aliphatic rings. The zero-order chi connectivity index (χ0) is 16.0. The first-order valence-corrected chi connectivity index (χ1v) is 8.36. The van der Waals surface area contributed by atoms with E-state index in [-0.39, 0.29) is 11.9 Å². The number of hydrogen-bond donors (Lipinski definition) is 1. The lowest BCUT2D eigenvalue weighted by Crippen LogP contribution is -2.43. The van der Waals surface area contributed by atoms with Gasteiger partial charge in [0, 0.05) is 24.7 Å². The van der Waals surface area contributed by atoms with Crippen molar-refractivity contribution in [1.82, 2.24) is 4.90 Å². The molecule has 3 heteroatoms. The van der Waals surface area contributed by atoms with E-state index in [4.69, 9.17) is 5.73 Å². The maximum Gasteiger partial charge on any atom is 0.254 e. The van der Waals surface area contributed by atoms with E-state index in [0.29, 0.717) is 18.4 Å². The second kappa shape index (κ2) is 5.50. The number of aryl methyl sites for hydroxylation is 1. The van der Waals surface area contributed by atoms with Crippen LogP contribution in [0.15, 0.2) is 48.5 Å². The predicted octanol–water partition coefficient (Wildman–Crippen LogP) is 3.08. The van der Waals surface area contributed by atoms with E-state index >= 15 is 0 Å².